The molecule has 3 rings (SSSR count). The molecule has 2 aromatic rings. The predicted molar refractivity (Wildman–Crippen MR) is 105 cm³/mol. The average molecular weight is 381 g/mol. The summed E-state index contributed by atoms with van der Waals surface area (Å²) in [6, 6.07) is 15.0. The molecule has 1 atom stereocenters. The van der Waals surface area contributed by atoms with Crippen molar-refractivity contribution in [2.24, 2.45) is 0 Å². The van der Waals surface area contributed by atoms with Gasteiger partial charge in [0.25, 0.3) is 5.91 Å². The van der Waals surface area contributed by atoms with Gasteiger partial charge in [-0.25, -0.2) is 4.79 Å². The van der Waals surface area contributed by atoms with E-state index in [-0.39, 0.29) is 5.91 Å². The minimum atomic E-state index is -0.869. The molecule has 0 aliphatic carbocycles. The Morgan fingerprint density at radius 2 is 1.82 bits per heavy atom. The van der Waals surface area contributed by atoms with Crippen molar-refractivity contribution in [3.63, 3.8) is 0 Å². The van der Waals surface area contributed by atoms with E-state index >= 15 is 0 Å². The van der Waals surface area contributed by atoms with Crippen LogP contribution in [0.3, 0.4) is 0 Å². The van der Waals surface area contributed by atoms with Gasteiger partial charge in [-0.15, -0.1) is 0 Å². The summed E-state index contributed by atoms with van der Waals surface area (Å²) in [5, 5.41) is 0. The number of esters is 1. The first-order valence-corrected chi connectivity index (χ1v) is 9.10. The molecule has 1 aliphatic rings. The highest BCUT2D eigenvalue weighted by molar-refractivity contribution is 5.90. The van der Waals surface area contributed by atoms with Crippen molar-refractivity contribution in [2.45, 2.75) is 19.6 Å². The second-order valence-corrected chi connectivity index (χ2v) is 6.50. The molecule has 0 bridgehead atoms. The molecule has 1 amide bonds. The molecule has 1 heterocycles. The maximum atomic E-state index is 12.4. The number of carbonyl (C=O) groups is 2. The Hall–Kier alpha value is -3.28. The number of amides is 1. The quantitative estimate of drug-likeness (QED) is 0.568. The zero-order chi connectivity index (χ0) is 19.9. The standard InChI is InChI=1S/C22H23NO5/c1-16(22(25)23(2)15-18-6-4-3-5-7-18)28-21(24)11-9-17-8-10-19-20(14-17)27-13-12-26-19/h3-11,14,16H,12-13,15H2,1-2H3/b11-9+/t16-/m1/s1. The van der Waals surface area contributed by atoms with Crippen LogP contribution in [0.1, 0.15) is 18.1 Å². The number of fused-ring (bicyclic) bond motifs is 1. The van der Waals surface area contributed by atoms with Crippen molar-refractivity contribution in [3.8, 4) is 11.5 Å². The lowest BCUT2D eigenvalue weighted by atomic mass is 10.2. The number of rotatable bonds is 6. The first kappa shape index (κ1) is 19.5. The molecule has 6 heteroatoms. The number of carbonyl (C=O) groups excluding carboxylic acids is 2. The van der Waals surface area contributed by atoms with E-state index in [1.54, 1.807) is 32.2 Å². The van der Waals surface area contributed by atoms with Gasteiger partial charge in [0.05, 0.1) is 0 Å². The van der Waals surface area contributed by atoms with Gasteiger partial charge in [0.15, 0.2) is 17.6 Å². The molecule has 2 aromatic carbocycles. The number of likely N-dealkylation sites (N-methyl/N-ethyl adjacent to an activating group) is 1. The third kappa shape index (κ3) is 5.13. The summed E-state index contributed by atoms with van der Waals surface area (Å²) >= 11 is 0. The molecule has 0 saturated heterocycles. The summed E-state index contributed by atoms with van der Waals surface area (Å²) < 4.78 is 16.2. The van der Waals surface area contributed by atoms with Crippen LogP contribution in [0, 0.1) is 0 Å². The van der Waals surface area contributed by atoms with Crippen LogP contribution < -0.4 is 9.47 Å². The zero-order valence-electron chi connectivity index (χ0n) is 16.0. The summed E-state index contributed by atoms with van der Waals surface area (Å²) in [6.07, 6.45) is 2.05. The van der Waals surface area contributed by atoms with Crippen molar-refractivity contribution < 1.29 is 23.8 Å². The van der Waals surface area contributed by atoms with Gasteiger partial charge in [0.1, 0.15) is 13.2 Å². The molecule has 0 N–H and O–H groups in total. The summed E-state index contributed by atoms with van der Waals surface area (Å²) in [5.41, 5.74) is 1.79. The minimum absolute atomic E-state index is 0.259. The van der Waals surface area contributed by atoms with E-state index in [1.165, 1.54) is 11.0 Å². The Balaban J connectivity index is 1.53. The average Bonchev–Trinajstić information content (AvgIpc) is 2.72. The van der Waals surface area contributed by atoms with Crippen molar-refractivity contribution in [1.82, 2.24) is 4.90 Å². The van der Waals surface area contributed by atoms with Gasteiger partial charge in [-0.3, -0.25) is 4.79 Å². The molecule has 0 aromatic heterocycles. The maximum Gasteiger partial charge on any atom is 0.331 e. The Labute approximate surface area is 164 Å². The molecule has 0 saturated carbocycles. The van der Waals surface area contributed by atoms with Crippen LogP contribution in [0.2, 0.25) is 0 Å². The highest BCUT2D eigenvalue weighted by atomic mass is 16.6. The fourth-order valence-corrected chi connectivity index (χ4v) is 2.84. The Morgan fingerprint density at radius 1 is 1.11 bits per heavy atom. The van der Waals surface area contributed by atoms with Gasteiger partial charge in [0.2, 0.25) is 0 Å². The van der Waals surface area contributed by atoms with E-state index in [0.717, 1.165) is 11.1 Å². The molecule has 0 spiro atoms. The lowest BCUT2D eigenvalue weighted by Crippen LogP contribution is -2.36. The molecule has 0 fully saturated rings. The normalized spacial score (nSPS) is 13.8. The Kier molecular flexibility index (Phi) is 6.32. The molecule has 28 heavy (non-hydrogen) atoms. The summed E-state index contributed by atoms with van der Waals surface area (Å²) in [7, 11) is 1.69. The number of benzene rings is 2. The van der Waals surface area contributed by atoms with Crippen molar-refractivity contribution in [1.29, 1.82) is 0 Å². The predicted octanol–water partition coefficient (Wildman–Crippen LogP) is 3.06. The molecular weight excluding hydrogens is 358 g/mol. The van der Waals surface area contributed by atoms with Crippen LogP contribution in [-0.2, 0) is 20.9 Å². The van der Waals surface area contributed by atoms with Crippen LogP contribution in [0.15, 0.2) is 54.6 Å². The second kappa shape index (κ2) is 9.08. The summed E-state index contributed by atoms with van der Waals surface area (Å²) in [4.78, 5) is 26.0. The van der Waals surface area contributed by atoms with E-state index in [9.17, 15) is 9.59 Å². The van der Waals surface area contributed by atoms with Crippen LogP contribution >= 0.6 is 0 Å². The first-order valence-electron chi connectivity index (χ1n) is 9.10. The molecule has 0 unspecified atom stereocenters. The van der Waals surface area contributed by atoms with Gasteiger partial charge < -0.3 is 19.1 Å². The third-order valence-electron chi connectivity index (χ3n) is 4.26. The molecular formula is C22H23NO5. The van der Waals surface area contributed by atoms with Gasteiger partial charge in [-0.2, -0.15) is 0 Å². The number of nitrogens with zero attached hydrogens (tertiary/aromatic N) is 1. The van der Waals surface area contributed by atoms with E-state index < -0.39 is 12.1 Å². The van der Waals surface area contributed by atoms with Gasteiger partial charge in [0, 0.05) is 19.7 Å². The monoisotopic (exact) mass is 381 g/mol. The molecule has 146 valence electrons. The van der Waals surface area contributed by atoms with Gasteiger partial charge in [-0.05, 0) is 36.3 Å². The van der Waals surface area contributed by atoms with Crippen LogP contribution in [0.4, 0.5) is 0 Å². The lowest BCUT2D eigenvalue weighted by Gasteiger charge is -2.21. The van der Waals surface area contributed by atoms with Gasteiger partial charge in [-0.1, -0.05) is 36.4 Å². The lowest BCUT2D eigenvalue weighted by molar-refractivity contribution is -0.154. The van der Waals surface area contributed by atoms with E-state index in [4.69, 9.17) is 14.2 Å². The van der Waals surface area contributed by atoms with Crippen LogP contribution in [-0.4, -0.2) is 43.1 Å². The van der Waals surface area contributed by atoms with Crippen LogP contribution in [0.25, 0.3) is 6.08 Å². The minimum Gasteiger partial charge on any atom is -0.486 e. The number of ether oxygens (including phenoxy) is 3. The number of hydrogen-bond acceptors (Lipinski definition) is 5. The highest BCUT2D eigenvalue weighted by Crippen LogP contribution is 2.31. The maximum absolute atomic E-state index is 12.4. The number of hydrogen-bond donors (Lipinski definition) is 0. The molecule has 1 aliphatic heterocycles. The summed E-state index contributed by atoms with van der Waals surface area (Å²) in [6.45, 7) is 3.05. The fourth-order valence-electron chi connectivity index (χ4n) is 2.84. The highest BCUT2D eigenvalue weighted by Gasteiger charge is 2.20. The van der Waals surface area contributed by atoms with E-state index in [0.29, 0.717) is 31.3 Å². The Bertz CT molecular complexity index is 862. The van der Waals surface area contributed by atoms with Crippen molar-refractivity contribution >= 4 is 18.0 Å². The SMILES string of the molecule is C[C@@H](OC(=O)/C=C/c1ccc2c(c1)OCCO2)C(=O)N(C)Cc1ccccc1. The second-order valence-electron chi connectivity index (χ2n) is 6.50. The zero-order valence-corrected chi connectivity index (χ0v) is 16.0. The smallest absolute Gasteiger partial charge is 0.331 e. The molecule has 6 nitrogen and oxygen atoms in total. The van der Waals surface area contributed by atoms with E-state index in [1.807, 2.05) is 36.4 Å². The van der Waals surface area contributed by atoms with Crippen molar-refractivity contribution in [2.75, 3.05) is 20.3 Å². The van der Waals surface area contributed by atoms with Crippen molar-refractivity contribution in [3.05, 3.63) is 65.7 Å². The summed E-state index contributed by atoms with van der Waals surface area (Å²) in [5.74, 6) is 0.494. The molecule has 0 radical (unpaired) electrons. The van der Waals surface area contributed by atoms with Crippen LogP contribution in [0.5, 0.6) is 11.5 Å². The fraction of sp³-hybridized carbons (Fsp3) is 0.273. The van der Waals surface area contributed by atoms with E-state index in [2.05, 4.69) is 0 Å². The topological polar surface area (TPSA) is 65.1 Å². The van der Waals surface area contributed by atoms with Gasteiger partial charge >= 0.3 is 5.97 Å². The first-order chi connectivity index (χ1) is 13.5. The largest absolute Gasteiger partial charge is 0.486 e. The third-order valence-corrected chi connectivity index (χ3v) is 4.26. The Morgan fingerprint density at radius 3 is 2.57 bits per heavy atom.